The topological polar surface area (TPSA) is 25.8 Å². The fraction of sp³-hybridized carbons (Fsp3) is 0. The first kappa shape index (κ1) is 6.51. The van der Waals surface area contributed by atoms with Gasteiger partial charge in [0.25, 0.3) is 0 Å². The predicted octanol–water partition coefficient (Wildman–Crippen LogP) is 2.86. The number of rotatable bonds is 0. The molecule has 0 N–H and O–H groups in total. The maximum absolute atomic E-state index is 4.08. The number of hydrogen-bond acceptors (Lipinski definition) is 4. The Labute approximate surface area is 76.8 Å². The predicted molar refractivity (Wildman–Crippen MR) is 51.9 cm³/mol. The van der Waals surface area contributed by atoms with Gasteiger partial charge in [-0.3, -0.25) is 0 Å². The molecule has 0 saturated carbocycles. The molecule has 0 amide bonds. The summed E-state index contributed by atoms with van der Waals surface area (Å²) in [6, 6.07) is 2.10. The van der Waals surface area contributed by atoms with Gasteiger partial charge in [-0.05, 0) is 11.4 Å². The number of thiophene rings is 1. The van der Waals surface area contributed by atoms with E-state index in [2.05, 4.69) is 27.0 Å². The average molecular weight is 192 g/mol. The van der Waals surface area contributed by atoms with Gasteiger partial charge < -0.3 is 0 Å². The first-order valence-electron chi connectivity index (χ1n) is 3.51. The largest absolute Gasteiger partial charge is 0.158 e. The monoisotopic (exact) mass is 192 g/mol. The van der Waals surface area contributed by atoms with E-state index >= 15 is 0 Å². The molecular weight excluding hydrogens is 188 g/mol. The van der Waals surface area contributed by atoms with Crippen LogP contribution in [0.4, 0.5) is 0 Å². The van der Waals surface area contributed by atoms with E-state index in [9.17, 15) is 0 Å². The molecule has 0 fully saturated rings. The molecule has 0 unspecified atom stereocenters. The van der Waals surface area contributed by atoms with Crippen LogP contribution >= 0.6 is 22.7 Å². The second-order valence-electron chi connectivity index (χ2n) is 2.51. The molecule has 0 aromatic carbocycles. The summed E-state index contributed by atoms with van der Waals surface area (Å²) in [5, 5.41) is 13.4. The fourth-order valence-corrected chi connectivity index (χ4v) is 3.09. The molecule has 3 heterocycles. The van der Waals surface area contributed by atoms with Gasteiger partial charge in [-0.25, -0.2) is 0 Å². The van der Waals surface area contributed by atoms with E-state index in [0.717, 1.165) is 11.3 Å². The molecule has 58 valence electrons. The third kappa shape index (κ3) is 0.735. The Kier molecular flexibility index (Phi) is 1.22. The van der Waals surface area contributed by atoms with Crippen LogP contribution in [-0.4, -0.2) is 10.2 Å². The van der Waals surface area contributed by atoms with Crippen molar-refractivity contribution in [3.05, 3.63) is 23.0 Å². The van der Waals surface area contributed by atoms with E-state index in [1.165, 1.54) is 9.40 Å². The van der Waals surface area contributed by atoms with Crippen LogP contribution in [0.2, 0.25) is 0 Å². The lowest BCUT2D eigenvalue weighted by atomic mass is 10.2. The molecule has 0 aliphatic carbocycles. The van der Waals surface area contributed by atoms with Gasteiger partial charge >= 0.3 is 0 Å². The Morgan fingerprint density at radius 3 is 3.25 bits per heavy atom. The molecule has 2 nitrogen and oxygen atoms in total. The molecule has 4 heteroatoms. The zero-order chi connectivity index (χ0) is 7.97. The second-order valence-corrected chi connectivity index (χ2v) is 4.56. The Morgan fingerprint density at radius 1 is 1.25 bits per heavy atom. The minimum atomic E-state index is 1.03. The second kappa shape index (κ2) is 2.24. The normalized spacial score (nSPS) is 11.3. The molecule has 0 radical (unpaired) electrons. The smallest absolute Gasteiger partial charge is 0.105 e. The van der Waals surface area contributed by atoms with Crippen molar-refractivity contribution in [2.24, 2.45) is 0 Å². The van der Waals surface area contributed by atoms with Crippen molar-refractivity contribution in [1.29, 1.82) is 0 Å². The molecule has 12 heavy (non-hydrogen) atoms. The quantitative estimate of drug-likeness (QED) is 0.547. The fourth-order valence-electron chi connectivity index (χ4n) is 1.24. The summed E-state index contributed by atoms with van der Waals surface area (Å²) in [6.45, 7) is 0. The summed E-state index contributed by atoms with van der Waals surface area (Å²) in [5.74, 6) is 0. The maximum Gasteiger partial charge on any atom is 0.105 e. The van der Waals surface area contributed by atoms with Gasteiger partial charge in [-0.15, -0.1) is 27.8 Å². The number of hydrogen-bond donors (Lipinski definition) is 0. The molecule has 3 rings (SSSR count). The SMILES string of the molecule is c1cc2c3nncc-3csc2s1. The summed E-state index contributed by atoms with van der Waals surface area (Å²) in [4.78, 5) is 0. The van der Waals surface area contributed by atoms with E-state index in [1.54, 1.807) is 22.7 Å². The number of aromatic nitrogens is 2. The third-order valence-electron chi connectivity index (χ3n) is 1.81. The summed E-state index contributed by atoms with van der Waals surface area (Å²) >= 11 is 3.51. The molecule has 2 aliphatic rings. The van der Waals surface area contributed by atoms with Crippen LogP contribution in [0, 0.1) is 0 Å². The van der Waals surface area contributed by atoms with Crippen molar-refractivity contribution in [3.63, 3.8) is 0 Å². The lowest BCUT2D eigenvalue weighted by molar-refractivity contribution is 1.11. The highest BCUT2D eigenvalue weighted by molar-refractivity contribution is 7.36. The summed E-state index contributed by atoms with van der Waals surface area (Å²) in [7, 11) is 0. The van der Waals surface area contributed by atoms with Gasteiger partial charge in [0.05, 0.1) is 10.2 Å². The van der Waals surface area contributed by atoms with Gasteiger partial charge in [-0.1, -0.05) is 0 Å². The zero-order valence-corrected chi connectivity index (χ0v) is 7.65. The Balaban J connectivity index is 2.61. The first-order valence-corrected chi connectivity index (χ1v) is 5.27. The van der Waals surface area contributed by atoms with E-state index in [-0.39, 0.29) is 0 Å². The van der Waals surface area contributed by atoms with Gasteiger partial charge in [0.2, 0.25) is 0 Å². The molecule has 2 aliphatic heterocycles. The average Bonchev–Trinajstić information content (AvgIpc) is 2.71. The van der Waals surface area contributed by atoms with Gasteiger partial charge in [0, 0.05) is 16.3 Å². The van der Waals surface area contributed by atoms with Crippen LogP contribution in [0.25, 0.3) is 20.7 Å². The van der Waals surface area contributed by atoms with E-state index < -0.39 is 0 Å². The van der Waals surface area contributed by atoms with Crippen molar-refractivity contribution in [1.82, 2.24) is 10.2 Å². The Bertz CT molecular complexity index is 497. The number of fused-ring (bicyclic) bond motifs is 3. The highest BCUT2D eigenvalue weighted by Gasteiger charge is 2.10. The van der Waals surface area contributed by atoms with Crippen LogP contribution in [0.1, 0.15) is 0 Å². The lowest BCUT2D eigenvalue weighted by Gasteiger charge is -1.94. The van der Waals surface area contributed by atoms with Crippen molar-refractivity contribution < 1.29 is 0 Å². The van der Waals surface area contributed by atoms with Gasteiger partial charge in [-0.2, -0.15) is 5.10 Å². The van der Waals surface area contributed by atoms with Crippen LogP contribution in [-0.2, 0) is 0 Å². The van der Waals surface area contributed by atoms with E-state index in [1.807, 2.05) is 6.20 Å². The van der Waals surface area contributed by atoms with E-state index in [4.69, 9.17) is 0 Å². The molecule has 1 aromatic heterocycles. The lowest BCUT2D eigenvalue weighted by Crippen LogP contribution is -1.73. The standard InChI is InChI=1S/C8H4N2S2/c1-2-11-8-6(1)7-5(4-12-8)3-9-10-7/h1-4H. The highest BCUT2D eigenvalue weighted by Crippen LogP contribution is 2.34. The maximum atomic E-state index is 4.08. The van der Waals surface area contributed by atoms with Crippen LogP contribution in [0.5, 0.6) is 0 Å². The molecule has 0 spiro atoms. The van der Waals surface area contributed by atoms with Crippen LogP contribution in [0.15, 0.2) is 23.0 Å². The Morgan fingerprint density at radius 2 is 2.25 bits per heavy atom. The summed E-state index contributed by atoms with van der Waals surface area (Å²) in [5.41, 5.74) is 2.18. The van der Waals surface area contributed by atoms with Gasteiger partial charge in [0.1, 0.15) is 5.69 Å². The number of nitrogens with zero attached hydrogens (tertiary/aromatic N) is 2. The molecule has 0 bridgehead atoms. The summed E-state index contributed by atoms with van der Waals surface area (Å²) in [6.07, 6.45) is 1.81. The Hall–Kier alpha value is -1.000. The van der Waals surface area contributed by atoms with Crippen molar-refractivity contribution in [2.75, 3.05) is 0 Å². The van der Waals surface area contributed by atoms with Gasteiger partial charge in [0.15, 0.2) is 0 Å². The highest BCUT2D eigenvalue weighted by atomic mass is 32.2. The minimum Gasteiger partial charge on any atom is -0.158 e. The van der Waals surface area contributed by atoms with Crippen molar-refractivity contribution >= 4 is 32.1 Å². The minimum absolute atomic E-state index is 1.03. The van der Waals surface area contributed by atoms with Crippen LogP contribution < -0.4 is 0 Å². The van der Waals surface area contributed by atoms with Crippen molar-refractivity contribution in [3.8, 4) is 11.3 Å². The third-order valence-corrected chi connectivity index (χ3v) is 3.90. The molecular formula is C8H4N2S2. The molecule has 0 saturated heterocycles. The zero-order valence-electron chi connectivity index (χ0n) is 6.02. The van der Waals surface area contributed by atoms with E-state index in [0.29, 0.717) is 0 Å². The summed E-state index contributed by atoms with van der Waals surface area (Å²) < 4.78 is 1.32. The molecule has 0 atom stereocenters. The first-order chi connectivity index (χ1) is 5.95. The molecule has 1 aromatic rings. The van der Waals surface area contributed by atoms with Crippen molar-refractivity contribution in [2.45, 2.75) is 0 Å². The van der Waals surface area contributed by atoms with Crippen LogP contribution in [0.3, 0.4) is 0 Å².